The Labute approximate surface area is 188 Å². The van der Waals surface area contributed by atoms with E-state index < -0.39 is 0 Å². The zero-order valence-electron chi connectivity index (χ0n) is 14.9. The molecule has 4 rings (SSSR count). The minimum Gasteiger partial charge on any atom is -1.00 e. The molecule has 3 aromatic rings. The van der Waals surface area contributed by atoms with Crippen LogP contribution in [0.15, 0.2) is 54.6 Å². The molecule has 0 N–H and O–H groups in total. The molecule has 3 aromatic carbocycles. The second-order valence-electron chi connectivity index (χ2n) is 6.38. The normalized spacial score (nSPS) is 11.9. The minimum absolute atomic E-state index is 0. The first-order chi connectivity index (χ1) is 10.9. The maximum atomic E-state index is 2.45. The van der Waals surface area contributed by atoms with Crippen LogP contribution in [0.1, 0.15) is 49.3 Å². The third-order valence-corrected chi connectivity index (χ3v) is 4.64. The predicted octanol–water partition coefficient (Wildman–Crippen LogP) is 0.191. The molecule has 0 atom stereocenters. The molecule has 0 nitrogen and oxygen atoms in total. The number of hydrogen-bond donors (Lipinski definition) is 0. The molecule has 0 aromatic heterocycles. The van der Waals surface area contributed by atoms with Gasteiger partial charge in [0.2, 0.25) is 0 Å². The number of rotatable bonds is 3. The number of hydrogen-bond acceptors (Lipinski definition) is 0. The van der Waals surface area contributed by atoms with E-state index in [1.54, 1.807) is 16.7 Å². The third kappa shape index (κ3) is 7.17. The van der Waals surface area contributed by atoms with E-state index in [4.69, 9.17) is 0 Å². The monoisotopic (exact) mass is 496 g/mol. The van der Waals surface area contributed by atoms with Crippen molar-refractivity contribution in [1.82, 2.24) is 0 Å². The van der Waals surface area contributed by atoms with Gasteiger partial charge in [-0.2, -0.15) is 40.3 Å². The fourth-order valence-electron chi connectivity index (χ4n) is 3.37. The number of benzene rings is 1. The molecule has 1 aliphatic carbocycles. The van der Waals surface area contributed by atoms with E-state index in [1.165, 1.54) is 55.7 Å². The Hall–Kier alpha value is -0.146. The topological polar surface area (TPSA) is 0 Å². The van der Waals surface area contributed by atoms with Crippen LogP contribution in [-0.4, -0.2) is 0 Å². The molecule has 0 unspecified atom stereocenters. The van der Waals surface area contributed by atoms with Gasteiger partial charge in [0, 0.05) is 0 Å². The summed E-state index contributed by atoms with van der Waals surface area (Å²) in [5.74, 6) is 0. The molecule has 0 saturated heterocycles. The first-order valence-corrected chi connectivity index (χ1v) is 8.74. The maximum absolute atomic E-state index is 2.45. The fourth-order valence-corrected chi connectivity index (χ4v) is 3.37. The fraction of sp³-hybridized carbons (Fsp3) is 0.364. The van der Waals surface area contributed by atoms with E-state index in [1.807, 2.05) is 0 Å². The molecular weight excluding hydrogens is 472 g/mol. The van der Waals surface area contributed by atoms with E-state index in [0.29, 0.717) is 0 Å². The Morgan fingerprint density at radius 1 is 1.00 bits per heavy atom. The minimum atomic E-state index is 0. The molecule has 25 heavy (non-hydrogen) atoms. The van der Waals surface area contributed by atoms with Crippen molar-refractivity contribution >= 4 is 10.8 Å². The Kier molecular flexibility index (Phi) is 13.0. The SMILES string of the molecule is CCCCc1cc2c([cH-]1)CCCC2.[Br-].[Br-].[Ti+4].c1ccc2[cH-]ccc2c1. The van der Waals surface area contributed by atoms with Crippen LogP contribution < -0.4 is 34.0 Å². The molecular formula is C22H26Br2Ti. The molecule has 0 heterocycles. The average molecular weight is 498 g/mol. The van der Waals surface area contributed by atoms with Gasteiger partial charge in [-0.1, -0.05) is 57.9 Å². The van der Waals surface area contributed by atoms with Crippen LogP contribution in [0.2, 0.25) is 0 Å². The van der Waals surface area contributed by atoms with E-state index in [0.717, 1.165) is 0 Å². The summed E-state index contributed by atoms with van der Waals surface area (Å²) in [7, 11) is 0. The standard InChI is InChI=1S/C13H19.C9H7.2BrH.Ti/c1-2-3-6-11-9-12-7-4-5-8-13(12)10-11;1-2-5-9-7-3-6-8(9)4-1;;;/h9-10H,2-8H2,1H3;1-7H;2*1H;/q2*-1;;;+4/p-2. The molecule has 0 amide bonds. The zero-order chi connectivity index (χ0) is 15.2. The first-order valence-electron chi connectivity index (χ1n) is 8.74. The molecule has 0 saturated carbocycles. The van der Waals surface area contributed by atoms with Crippen molar-refractivity contribution in [3.05, 3.63) is 71.3 Å². The van der Waals surface area contributed by atoms with E-state index in [-0.39, 0.29) is 55.7 Å². The van der Waals surface area contributed by atoms with Crippen molar-refractivity contribution in [2.45, 2.75) is 51.9 Å². The smallest absolute Gasteiger partial charge is 1.00 e. The third-order valence-electron chi connectivity index (χ3n) is 4.64. The Balaban J connectivity index is 0.000000430. The average Bonchev–Trinajstić information content (AvgIpc) is 3.19. The van der Waals surface area contributed by atoms with Crippen LogP contribution in [0.3, 0.4) is 0 Å². The van der Waals surface area contributed by atoms with Crippen LogP contribution in [0.4, 0.5) is 0 Å². The maximum Gasteiger partial charge on any atom is 4.00 e. The summed E-state index contributed by atoms with van der Waals surface area (Å²) >= 11 is 0. The molecule has 132 valence electrons. The molecule has 0 bridgehead atoms. The van der Waals surface area contributed by atoms with Gasteiger partial charge in [0.05, 0.1) is 0 Å². The van der Waals surface area contributed by atoms with Gasteiger partial charge in [-0.3, -0.25) is 0 Å². The van der Waals surface area contributed by atoms with Crippen LogP contribution in [0.25, 0.3) is 10.8 Å². The molecule has 0 radical (unpaired) electrons. The predicted molar refractivity (Wildman–Crippen MR) is 96.8 cm³/mol. The number of halogens is 2. The summed E-state index contributed by atoms with van der Waals surface area (Å²) in [4.78, 5) is 0. The number of aryl methyl sites for hydroxylation is 3. The Morgan fingerprint density at radius 2 is 1.76 bits per heavy atom. The van der Waals surface area contributed by atoms with Crippen LogP contribution in [-0.2, 0) is 41.0 Å². The summed E-state index contributed by atoms with van der Waals surface area (Å²) in [6, 6.07) is 19.6. The van der Waals surface area contributed by atoms with Crippen LogP contribution in [0, 0.1) is 0 Å². The van der Waals surface area contributed by atoms with Gasteiger partial charge in [0.1, 0.15) is 0 Å². The van der Waals surface area contributed by atoms with Crippen molar-refractivity contribution in [2.24, 2.45) is 0 Å². The molecule has 0 fully saturated rings. The molecule has 3 heteroatoms. The van der Waals surface area contributed by atoms with Gasteiger partial charge in [-0.05, 0) is 0 Å². The quantitative estimate of drug-likeness (QED) is 0.358. The van der Waals surface area contributed by atoms with E-state index in [2.05, 4.69) is 61.5 Å². The van der Waals surface area contributed by atoms with Crippen LogP contribution in [0.5, 0.6) is 0 Å². The van der Waals surface area contributed by atoms with Crippen molar-refractivity contribution in [1.29, 1.82) is 0 Å². The van der Waals surface area contributed by atoms with Crippen molar-refractivity contribution in [2.75, 3.05) is 0 Å². The largest absolute Gasteiger partial charge is 4.00 e. The number of unbranched alkanes of at least 4 members (excludes halogenated alkanes) is 1. The summed E-state index contributed by atoms with van der Waals surface area (Å²) in [5.41, 5.74) is 4.89. The van der Waals surface area contributed by atoms with Gasteiger partial charge in [0.15, 0.2) is 0 Å². The van der Waals surface area contributed by atoms with Gasteiger partial charge in [-0.25, -0.2) is 6.07 Å². The van der Waals surface area contributed by atoms with Crippen LogP contribution >= 0.6 is 0 Å². The molecule has 0 spiro atoms. The molecule has 1 aliphatic rings. The van der Waals surface area contributed by atoms with Gasteiger partial charge in [0.25, 0.3) is 0 Å². The zero-order valence-corrected chi connectivity index (χ0v) is 19.6. The molecule has 0 aliphatic heterocycles. The first kappa shape index (κ1) is 24.9. The van der Waals surface area contributed by atoms with E-state index in [9.17, 15) is 0 Å². The Morgan fingerprint density at radius 3 is 2.48 bits per heavy atom. The van der Waals surface area contributed by atoms with Crippen molar-refractivity contribution in [3.63, 3.8) is 0 Å². The summed E-state index contributed by atoms with van der Waals surface area (Å²) in [6.45, 7) is 2.27. The summed E-state index contributed by atoms with van der Waals surface area (Å²) < 4.78 is 0. The second kappa shape index (κ2) is 13.1. The van der Waals surface area contributed by atoms with Crippen molar-refractivity contribution < 1.29 is 55.7 Å². The summed E-state index contributed by atoms with van der Waals surface area (Å²) in [6.07, 6.45) is 9.44. The van der Waals surface area contributed by atoms with E-state index >= 15 is 0 Å². The van der Waals surface area contributed by atoms with Crippen molar-refractivity contribution in [3.8, 4) is 0 Å². The van der Waals surface area contributed by atoms with Gasteiger partial charge < -0.3 is 34.0 Å². The van der Waals surface area contributed by atoms with Gasteiger partial charge >= 0.3 is 21.7 Å². The number of fused-ring (bicyclic) bond motifs is 2. The Bertz CT molecular complexity index is 658. The second-order valence-corrected chi connectivity index (χ2v) is 6.38. The van der Waals surface area contributed by atoms with Gasteiger partial charge in [-0.15, -0.1) is 29.7 Å². The summed E-state index contributed by atoms with van der Waals surface area (Å²) in [5, 5.41) is 2.66.